The Bertz CT molecular complexity index is 1080. The molecule has 0 saturated heterocycles. The zero-order valence-electron chi connectivity index (χ0n) is 17.4. The number of rotatable bonds is 7. The number of nitrogen functional groups attached to an aromatic ring is 1. The maximum Gasteiger partial charge on any atom is 0.148 e. The molecule has 0 aliphatic heterocycles. The van der Waals surface area contributed by atoms with Crippen LogP contribution < -0.4 is 22.5 Å². The Morgan fingerprint density at radius 3 is 2.37 bits per heavy atom. The van der Waals surface area contributed by atoms with Crippen molar-refractivity contribution in [3.05, 3.63) is 84.4 Å². The highest BCUT2D eigenvalue weighted by Crippen LogP contribution is 2.27. The van der Waals surface area contributed by atoms with E-state index in [0.29, 0.717) is 35.0 Å². The summed E-state index contributed by atoms with van der Waals surface area (Å²) in [6, 6.07) is 17.5. The minimum Gasteiger partial charge on any atom is -0.399 e. The Balaban J connectivity index is 1.73. The zero-order chi connectivity index (χ0) is 21.9. The van der Waals surface area contributed by atoms with Crippen LogP contribution in [-0.4, -0.2) is 16.7 Å². The normalized spacial score (nSPS) is 11.1. The first-order valence-corrected chi connectivity index (χ1v) is 9.65. The highest BCUT2D eigenvalue weighted by Gasteiger charge is 2.21. The van der Waals surface area contributed by atoms with Crippen LogP contribution in [0.15, 0.2) is 67.8 Å². The van der Waals surface area contributed by atoms with Crippen LogP contribution in [0.5, 0.6) is 0 Å². The average Bonchev–Trinajstić information content (AvgIpc) is 2.73. The van der Waals surface area contributed by atoms with E-state index in [-0.39, 0.29) is 5.41 Å². The Morgan fingerprint density at radius 1 is 0.967 bits per heavy atom. The lowest BCUT2D eigenvalue weighted by atomic mass is 9.83. The summed E-state index contributed by atoms with van der Waals surface area (Å²) in [5.41, 5.74) is 23.4. The third-order valence-electron chi connectivity index (χ3n) is 5.09. The molecule has 30 heavy (non-hydrogen) atoms. The lowest BCUT2D eigenvalue weighted by Gasteiger charge is -2.26. The minimum absolute atomic E-state index is 0.140. The molecule has 0 saturated carbocycles. The number of benzene rings is 2. The molecular weight excluding hydrogens is 372 g/mol. The molecule has 6 nitrogen and oxygen atoms in total. The molecule has 0 atom stereocenters. The minimum atomic E-state index is -0.140. The van der Waals surface area contributed by atoms with Gasteiger partial charge in [-0.3, -0.25) is 0 Å². The zero-order valence-corrected chi connectivity index (χ0v) is 17.4. The number of anilines is 2. The van der Waals surface area contributed by atoms with Crippen LogP contribution in [0.2, 0.25) is 0 Å². The third kappa shape index (κ3) is 4.60. The van der Waals surface area contributed by atoms with Crippen molar-refractivity contribution < 1.29 is 0 Å². The maximum atomic E-state index is 5.95. The maximum absolute atomic E-state index is 5.95. The first-order chi connectivity index (χ1) is 14.2. The number of aromatic nitrogens is 2. The van der Waals surface area contributed by atoms with Crippen molar-refractivity contribution in [2.75, 3.05) is 17.6 Å². The monoisotopic (exact) mass is 400 g/mol. The van der Waals surface area contributed by atoms with E-state index >= 15 is 0 Å². The molecule has 0 radical (unpaired) electrons. The molecule has 3 aromatic rings. The molecule has 2 aromatic carbocycles. The molecule has 154 valence electrons. The van der Waals surface area contributed by atoms with Crippen LogP contribution in [0, 0.1) is 0 Å². The van der Waals surface area contributed by atoms with E-state index in [2.05, 4.69) is 54.7 Å². The Morgan fingerprint density at radius 2 is 1.73 bits per heavy atom. The Labute approximate surface area is 177 Å². The molecule has 0 spiro atoms. The summed E-state index contributed by atoms with van der Waals surface area (Å²) in [5.74, 6) is 0.699. The summed E-state index contributed by atoms with van der Waals surface area (Å²) >= 11 is 0. The quantitative estimate of drug-likeness (QED) is 0.446. The molecular formula is C24H28N6. The van der Waals surface area contributed by atoms with Crippen LogP contribution in [0.1, 0.15) is 30.5 Å². The summed E-state index contributed by atoms with van der Waals surface area (Å²) in [7, 11) is 0. The number of nitrogens with one attached hydrogen (secondary N) is 1. The molecule has 1 aromatic heterocycles. The van der Waals surface area contributed by atoms with E-state index in [0.717, 1.165) is 16.8 Å². The van der Waals surface area contributed by atoms with Crippen molar-refractivity contribution in [1.82, 2.24) is 10.2 Å². The molecule has 0 bridgehead atoms. The van der Waals surface area contributed by atoms with Gasteiger partial charge in [0, 0.05) is 40.2 Å². The number of hydrogen-bond acceptors (Lipinski definition) is 6. The average molecular weight is 401 g/mol. The van der Waals surface area contributed by atoms with Crippen molar-refractivity contribution in [3.63, 3.8) is 0 Å². The largest absolute Gasteiger partial charge is 0.399 e. The van der Waals surface area contributed by atoms with Crippen LogP contribution >= 0.6 is 0 Å². The van der Waals surface area contributed by atoms with Gasteiger partial charge in [0.2, 0.25) is 0 Å². The topological polar surface area (TPSA) is 116 Å². The van der Waals surface area contributed by atoms with Crippen molar-refractivity contribution in [1.29, 1.82) is 0 Å². The lowest BCUT2D eigenvalue weighted by molar-refractivity contribution is 0.555. The second-order valence-electron chi connectivity index (χ2n) is 7.97. The standard InChI is InChI=1S/C24H28N6/c1-15(25)17-6-5-7-19(12-17)24(3,4)14-28-23-11-10-22(29-30-23)18-8-9-21(27)20(13-18)16(2)26/h5-13H,1-2,14,25-27H2,3-4H3,(H,28,30). The smallest absolute Gasteiger partial charge is 0.148 e. The molecule has 1 heterocycles. The first-order valence-electron chi connectivity index (χ1n) is 9.65. The molecule has 0 unspecified atom stereocenters. The number of nitrogens with two attached hydrogens (primary N) is 3. The van der Waals surface area contributed by atoms with Gasteiger partial charge in [-0.05, 0) is 41.5 Å². The molecule has 0 fully saturated rings. The van der Waals surface area contributed by atoms with Crippen molar-refractivity contribution in [3.8, 4) is 11.3 Å². The SMILES string of the molecule is C=C(N)c1cccc(C(C)(C)CNc2ccc(-c3ccc(N)c(C(=C)N)c3)nn2)c1. The van der Waals surface area contributed by atoms with Crippen molar-refractivity contribution in [2.45, 2.75) is 19.3 Å². The number of nitrogens with zero attached hydrogens (tertiary/aromatic N) is 2. The van der Waals surface area contributed by atoms with Gasteiger partial charge in [-0.2, -0.15) is 0 Å². The summed E-state index contributed by atoms with van der Waals surface area (Å²) in [4.78, 5) is 0. The van der Waals surface area contributed by atoms with Gasteiger partial charge < -0.3 is 22.5 Å². The van der Waals surface area contributed by atoms with Gasteiger partial charge >= 0.3 is 0 Å². The van der Waals surface area contributed by atoms with Crippen LogP contribution in [-0.2, 0) is 5.41 Å². The molecule has 6 heteroatoms. The second kappa shape index (κ2) is 8.29. The van der Waals surface area contributed by atoms with E-state index < -0.39 is 0 Å². The fourth-order valence-electron chi connectivity index (χ4n) is 3.13. The van der Waals surface area contributed by atoms with Crippen LogP contribution in [0.25, 0.3) is 22.7 Å². The predicted molar refractivity (Wildman–Crippen MR) is 126 cm³/mol. The summed E-state index contributed by atoms with van der Waals surface area (Å²) in [6.45, 7) is 12.6. The highest BCUT2D eigenvalue weighted by atomic mass is 15.2. The van der Waals surface area contributed by atoms with Crippen LogP contribution in [0.3, 0.4) is 0 Å². The molecule has 0 aliphatic rings. The van der Waals surface area contributed by atoms with Crippen LogP contribution in [0.4, 0.5) is 11.5 Å². The summed E-state index contributed by atoms with van der Waals surface area (Å²) < 4.78 is 0. The highest BCUT2D eigenvalue weighted by molar-refractivity contribution is 5.77. The van der Waals surface area contributed by atoms with Crippen molar-refractivity contribution >= 4 is 22.9 Å². The van der Waals surface area contributed by atoms with Gasteiger partial charge in [0.15, 0.2) is 0 Å². The van der Waals surface area contributed by atoms with Gasteiger partial charge in [0.1, 0.15) is 5.82 Å². The summed E-state index contributed by atoms with van der Waals surface area (Å²) in [6.07, 6.45) is 0. The summed E-state index contributed by atoms with van der Waals surface area (Å²) in [5, 5.41) is 12.0. The lowest BCUT2D eigenvalue weighted by Crippen LogP contribution is -2.28. The van der Waals surface area contributed by atoms with E-state index in [9.17, 15) is 0 Å². The number of hydrogen-bond donors (Lipinski definition) is 4. The van der Waals surface area contributed by atoms with E-state index in [1.807, 2.05) is 36.4 Å². The third-order valence-corrected chi connectivity index (χ3v) is 5.09. The van der Waals surface area contributed by atoms with Gasteiger partial charge in [-0.25, -0.2) is 0 Å². The first kappa shape index (κ1) is 20.9. The van der Waals surface area contributed by atoms with Crippen molar-refractivity contribution in [2.24, 2.45) is 11.5 Å². The van der Waals surface area contributed by atoms with Gasteiger partial charge in [0.05, 0.1) is 5.69 Å². The van der Waals surface area contributed by atoms with Gasteiger partial charge in [-0.15, -0.1) is 10.2 Å². The fraction of sp³-hybridized carbons (Fsp3) is 0.167. The predicted octanol–water partition coefficient (Wildman–Crippen LogP) is 3.97. The molecule has 7 N–H and O–H groups in total. The van der Waals surface area contributed by atoms with E-state index in [4.69, 9.17) is 17.2 Å². The fourth-order valence-corrected chi connectivity index (χ4v) is 3.13. The van der Waals surface area contributed by atoms with Gasteiger partial charge in [0.25, 0.3) is 0 Å². The van der Waals surface area contributed by atoms with E-state index in [1.54, 1.807) is 6.07 Å². The van der Waals surface area contributed by atoms with Gasteiger partial charge in [-0.1, -0.05) is 51.3 Å². The van der Waals surface area contributed by atoms with E-state index in [1.165, 1.54) is 5.56 Å². The molecule has 3 rings (SSSR count). The molecule has 0 amide bonds. The Kier molecular flexibility index (Phi) is 5.78. The Hall–Kier alpha value is -3.80. The molecule has 0 aliphatic carbocycles. The second-order valence-corrected chi connectivity index (χ2v) is 7.97.